The Bertz CT molecular complexity index is 3950. The first-order valence-corrected chi connectivity index (χ1v) is 32.7. The van der Waals surface area contributed by atoms with Crippen LogP contribution < -0.4 is 30.2 Å². The molecule has 2 aromatic heterocycles. The molecule has 8 aromatic rings. The van der Waals surface area contributed by atoms with Crippen molar-refractivity contribution in [2.75, 3.05) is 108 Å². The van der Waals surface area contributed by atoms with E-state index < -0.39 is 31.3 Å². The van der Waals surface area contributed by atoms with E-state index in [0.717, 1.165) is 49.7 Å². The lowest BCUT2D eigenvalue weighted by atomic mass is 10.1. The maximum Gasteiger partial charge on any atom is 0.229 e. The number of aromatic nitrogens is 4. The number of piperazine rings is 2. The Morgan fingerprint density at radius 3 is 1.27 bits per heavy atom. The number of rotatable bonds is 20. The normalized spacial score (nSPS) is 13.7. The minimum absolute atomic E-state index is 0. The van der Waals surface area contributed by atoms with Gasteiger partial charge in [-0.25, -0.2) is 35.6 Å². The van der Waals surface area contributed by atoms with E-state index in [4.69, 9.17) is 0 Å². The molecule has 0 atom stereocenters. The summed E-state index contributed by atoms with van der Waals surface area (Å²) in [7, 11) is -3.07. The predicted octanol–water partition coefficient (Wildman–Crippen LogP) is 9.01. The molecule has 2 aliphatic rings. The molecule has 0 bridgehead atoms. The van der Waals surface area contributed by atoms with Gasteiger partial charge in [-0.05, 0) is 122 Å². The molecule has 91 heavy (non-hydrogen) atoms. The SMILES string of the molecule is CCS(=O)(=O)c1cc(Nc2ncc(F)c(N(Cc3ccccc3C#N)c3cc(CO)ccc3C)n2)ccc1N1CCN(C)CC1.CCS(=O)(=O)c1cc(Nc2ncc(F)c(N(Cc3ccccc3C#N)c3cc(CO)ccc3C)n2)ccc1N1CCN(C)CC1.O. The highest BCUT2D eigenvalue weighted by atomic mass is 32.2. The average molecular weight is 1280 g/mol. The van der Waals surface area contributed by atoms with Gasteiger partial charge in [-0.3, -0.25) is 0 Å². The van der Waals surface area contributed by atoms with Crippen molar-refractivity contribution in [3.63, 3.8) is 0 Å². The van der Waals surface area contributed by atoms with E-state index in [1.807, 2.05) is 52.2 Å². The van der Waals surface area contributed by atoms with Crippen LogP contribution in [0.5, 0.6) is 0 Å². The van der Waals surface area contributed by atoms with E-state index in [-0.39, 0.29) is 76.6 Å². The third kappa shape index (κ3) is 16.1. The van der Waals surface area contributed by atoms with E-state index in [9.17, 15) is 37.6 Å². The molecule has 0 amide bonds. The van der Waals surface area contributed by atoms with Crippen LogP contribution in [0.3, 0.4) is 0 Å². The number of nitrogens with zero attached hydrogens (tertiary/aromatic N) is 12. The van der Waals surface area contributed by atoms with Crippen molar-refractivity contribution in [2.24, 2.45) is 0 Å². The molecule has 10 rings (SSSR count). The van der Waals surface area contributed by atoms with Gasteiger partial charge in [0.15, 0.2) is 42.9 Å². The number of hydrogen-bond donors (Lipinski definition) is 4. The van der Waals surface area contributed by atoms with Crippen molar-refractivity contribution >= 4 is 77.3 Å². The van der Waals surface area contributed by atoms with Crippen molar-refractivity contribution in [3.8, 4) is 12.1 Å². The lowest BCUT2D eigenvalue weighted by Crippen LogP contribution is -2.45. The van der Waals surface area contributed by atoms with Crippen LogP contribution in [-0.2, 0) is 46.0 Å². The summed E-state index contributed by atoms with van der Waals surface area (Å²) in [6, 6.07) is 39.5. The Morgan fingerprint density at radius 2 is 0.923 bits per heavy atom. The number of likely N-dealkylation sites (N-methyl/N-ethyl adjacent to an activating group) is 2. The van der Waals surface area contributed by atoms with E-state index in [1.165, 1.54) is 0 Å². The summed E-state index contributed by atoms with van der Waals surface area (Å²) in [4.78, 5) is 29.7. The number of halogens is 2. The molecular formula is C66H74F2N14O7S2. The lowest BCUT2D eigenvalue weighted by molar-refractivity contribution is 0.281. The second-order valence-corrected chi connectivity index (χ2v) is 26.5. The summed E-state index contributed by atoms with van der Waals surface area (Å²) in [5.74, 6) is -1.46. The smallest absolute Gasteiger partial charge is 0.229 e. The summed E-state index contributed by atoms with van der Waals surface area (Å²) >= 11 is 0. The van der Waals surface area contributed by atoms with Gasteiger partial charge in [0.05, 0.1) is 94.6 Å². The molecule has 2 aliphatic heterocycles. The standard InChI is InChI=1S/2C33H36FN7O3S.H2O/c2*1-4-45(43,44)31-18-27(11-12-29(31)40-15-13-39(3)14-16-40)37-33-36-20-28(34)32(38-33)41(21-26-8-6-5-7-25(26)19-35)30-17-24(22-42)10-9-23(30)2;/h2*5-12,17-18,20,42H,4,13-16,21-22H2,1-3H3,(H,36,37,38);1H2. The summed E-state index contributed by atoms with van der Waals surface area (Å²) in [6.45, 7) is 12.9. The number of nitrogens with one attached hydrogen (secondary N) is 2. The predicted molar refractivity (Wildman–Crippen MR) is 350 cm³/mol. The number of aryl methyl sites for hydroxylation is 2. The van der Waals surface area contributed by atoms with Gasteiger partial charge >= 0.3 is 0 Å². The Morgan fingerprint density at radius 1 is 0.549 bits per heavy atom. The molecule has 2 saturated heterocycles. The van der Waals surface area contributed by atoms with Crippen molar-refractivity contribution in [1.29, 1.82) is 10.5 Å². The molecule has 0 unspecified atom stereocenters. The number of sulfone groups is 2. The van der Waals surface area contributed by atoms with Crippen LogP contribution in [0.2, 0.25) is 0 Å². The number of hydrogen-bond acceptors (Lipinski definition) is 20. The Labute approximate surface area is 530 Å². The fraction of sp³-hybridized carbons (Fsp3) is 0.303. The van der Waals surface area contributed by atoms with Crippen LogP contribution in [0.25, 0.3) is 0 Å². The molecule has 0 radical (unpaired) electrons. The first kappa shape index (κ1) is 67.7. The summed E-state index contributed by atoms with van der Waals surface area (Å²) in [6.07, 6.45) is 2.11. The molecule has 0 aliphatic carbocycles. The molecule has 2 fully saturated rings. The van der Waals surface area contributed by atoms with E-state index >= 15 is 8.78 Å². The first-order valence-electron chi connectivity index (χ1n) is 29.4. The fourth-order valence-electron chi connectivity index (χ4n) is 10.6. The van der Waals surface area contributed by atoms with Gasteiger partial charge in [-0.2, -0.15) is 20.5 Å². The van der Waals surface area contributed by atoms with Gasteiger partial charge in [-0.1, -0.05) is 74.5 Å². The summed E-state index contributed by atoms with van der Waals surface area (Å²) < 4.78 is 84.0. The van der Waals surface area contributed by atoms with Gasteiger partial charge in [0.25, 0.3) is 0 Å². The Balaban J connectivity index is 0.000000232. The van der Waals surface area contributed by atoms with Crippen LogP contribution in [0.4, 0.5) is 66.4 Å². The van der Waals surface area contributed by atoms with Crippen molar-refractivity contribution in [2.45, 2.75) is 63.8 Å². The Hall–Kier alpha value is -9.18. The van der Waals surface area contributed by atoms with Crippen LogP contribution in [0.1, 0.15) is 58.4 Å². The number of nitriles is 2. The zero-order chi connectivity index (χ0) is 64.3. The third-order valence-corrected chi connectivity index (χ3v) is 19.5. The number of aliphatic hydroxyl groups excluding tert-OH is 2. The zero-order valence-corrected chi connectivity index (χ0v) is 53.2. The third-order valence-electron chi connectivity index (χ3n) is 15.9. The topological polar surface area (TPSA) is 283 Å². The highest BCUT2D eigenvalue weighted by Gasteiger charge is 2.28. The molecule has 6 N–H and O–H groups in total. The van der Waals surface area contributed by atoms with Gasteiger partial charge in [-0.15, -0.1) is 0 Å². The quantitative estimate of drug-likeness (QED) is 0.0553. The molecule has 0 saturated carbocycles. The number of anilines is 10. The molecule has 6 aromatic carbocycles. The molecule has 4 heterocycles. The van der Waals surface area contributed by atoms with Crippen LogP contribution in [-0.4, -0.2) is 140 Å². The second kappa shape index (κ2) is 30.1. The average Bonchev–Trinajstić information content (AvgIpc) is 0.927. The van der Waals surface area contributed by atoms with Crippen molar-refractivity contribution in [1.82, 2.24) is 29.7 Å². The fourth-order valence-corrected chi connectivity index (χ4v) is 12.9. The van der Waals surface area contributed by atoms with Crippen molar-refractivity contribution < 1.29 is 41.3 Å². The maximum absolute atomic E-state index is 15.6. The molecule has 25 heteroatoms. The molecule has 476 valence electrons. The monoisotopic (exact) mass is 1280 g/mol. The maximum atomic E-state index is 15.6. The van der Waals surface area contributed by atoms with Crippen LogP contribution in [0, 0.1) is 48.1 Å². The van der Waals surface area contributed by atoms with E-state index in [2.05, 4.69) is 62.3 Å². The van der Waals surface area contributed by atoms with E-state index in [0.29, 0.717) is 93.7 Å². The van der Waals surface area contributed by atoms with Crippen molar-refractivity contribution in [3.05, 3.63) is 190 Å². The first-order chi connectivity index (χ1) is 43.3. The van der Waals surface area contributed by atoms with Gasteiger partial charge in [0.1, 0.15) is 0 Å². The van der Waals surface area contributed by atoms with Crippen LogP contribution >= 0.6 is 0 Å². The molecular weight excluding hydrogens is 1200 g/mol. The van der Waals surface area contributed by atoms with Gasteiger partial charge < -0.3 is 55.7 Å². The zero-order valence-electron chi connectivity index (χ0n) is 51.6. The number of benzene rings is 6. The lowest BCUT2D eigenvalue weighted by Gasteiger charge is -2.35. The van der Waals surface area contributed by atoms with Gasteiger partial charge in [0, 0.05) is 75.1 Å². The molecule has 21 nitrogen and oxygen atoms in total. The van der Waals surface area contributed by atoms with E-state index in [1.54, 1.807) is 121 Å². The minimum atomic E-state index is -3.57. The highest BCUT2D eigenvalue weighted by molar-refractivity contribution is 7.91. The van der Waals surface area contributed by atoms with Gasteiger partial charge in [0.2, 0.25) is 11.9 Å². The second-order valence-electron chi connectivity index (χ2n) is 22.0. The number of aliphatic hydroxyl groups is 2. The van der Waals surface area contributed by atoms with Crippen LogP contribution in [0.15, 0.2) is 144 Å². The summed E-state index contributed by atoms with van der Waals surface area (Å²) in [5.41, 5.74) is 8.48. The largest absolute Gasteiger partial charge is 0.412 e. The Kier molecular flexibility index (Phi) is 22.4. The summed E-state index contributed by atoms with van der Waals surface area (Å²) in [5, 5.41) is 45.3. The highest BCUT2D eigenvalue weighted by Crippen LogP contribution is 2.38. The molecule has 0 spiro atoms. The minimum Gasteiger partial charge on any atom is -0.412 e.